The van der Waals surface area contributed by atoms with Gasteiger partial charge in [-0.2, -0.15) is 0 Å². The predicted molar refractivity (Wildman–Crippen MR) is 127 cm³/mol. The third-order valence-electron chi connectivity index (χ3n) is 5.30. The maximum Gasteiger partial charge on any atom is 0.124 e. The average molecular weight is 464 g/mol. The molecule has 0 saturated heterocycles. The number of ether oxygens (including phenoxy) is 1. The zero-order chi connectivity index (χ0) is 21.0. The van der Waals surface area contributed by atoms with Crippen LogP contribution < -0.4 is 0 Å². The quantitative estimate of drug-likeness (QED) is 0.264. The van der Waals surface area contributed by atoms with E-state index in [2.05, 4.69) is 70.5 Å². The van der Waals surface area contributed by atoms with Crippen LogP contribution in [-0.2, 0) is 11.5 Å². The van der Waals surface area contributed by atoms with Crippen LogP contribution in [0.1, 0.15) is 85.0 Å². The molecule has 0 amide bonds. The Bertz CT molecular complexity index is 673. The van der Waals surface area contributed by atoms with Crippen LogP contribution in [0.2, 0.25) is 0 Å². The molecule has 0 N–H and O–H groups in total. The average Bonchev–Trinajstić information content (AvgIpc) is 3.13. The van der Waals surface area contributed by atoms with Crippen LogP contribution in [0.15, 0.2) is 41.3 Å². The number of rotatable bonds is 14. The normalized spacial score (nSPS) is 11.9. The third kappa shape index (κ3) is 10.5. The summed E-state index contributed by atoms with van der Waals surface area (Å²) in [5.41, 5.74) is 2.76. The standard InChI is InChI=1S/C25H39BrN2O/c1-25(2,3)17-11-9-7-5-4-6-8-10-12-18-29-21-28-20-27-19-24(28)22-13-15-23(26)16-14-22/h13-16,19-20H,4-12,17-18,21H2,1-3H3. The minimum Gasteiger partial charge on any atom is -0.361 e. The molecule has 0 unspecified atom stereocenters. The number of benzene rings is 1. The number of hydrogen-bond donors (Lipinski definition) is 0. The van der Waals surface area contributed by atoms with Gasteiger partial charge in [-0.15, -0.1) is 0 Å². The Labute approximate surface area is 186 Å². The second kappa shape index (κ2) is 13.2. The molecule has 3 nitrogen and oxygen atoms in total. The van der Waals surface area contributed by atoms with Crippen molar-refractivity contribution >= 4 is 15.9 Å². The minimum atomic E-state index is 0.500. The molecule has 2 rings (SSSR count). The van der Waals surface area contributed by atoms with Crippen molar-refractivity contribution < 1.29 is 4.74 Å². The molecular weight excluding hydrogens is 424 g/mol. The second-order valence-corrected chi connectivity index (χ2v) is 10.2. The molecule has 4 heteroatoms. The van der Waals surface area contributed by atoms with Crippen molar-refractivity contribution in [2.24, 2.45) is 5.41 Å². The van der Waals surface area contributed by atoms with Crippen molar-refractivity contribution in [2.75, 3.05) is 6.61 Å². The van der Waals surface area contributed by atoms with E-state index in [0.29, 0.717) is 12.1 Å². The van der Waals surface area contributed by atoms with E-state index in [1.807, 2.05) is 12.5 Å². The van der Waals surface area contributed by atoms with Gasteiger partial charge in [-0.3, -0.25) is 0 Å². The fourth-order valence-corrected chi connectivity index (χ4v) is 3.81. The highest BCUT2D eigenvalue weighted by Gasteiger charge is 2.08. The zero-order valence-corrected chi connectivity index (χ0v) is 20.2. The highest BCUT2D eigenvalue weighted by Crippen LogP contribution is 2.23. The molecule has 0 saturated carbocycles. The minimum absolute atomic E-state index is 0.500. The summed E-state index contributed by atoms with van der Waals surface area (Å²) in [7, 11) is 0. The maximum absolute atomic E-state index is 5.88. The fraction of sp³-hybridized carbons (Fsp3) is 0.640. The van der Waals surface area contributed by atoms with Gasteiger partial charge < -0.3 is 9.30 Å². The van der Waals surface area contributed by atoms with E-state index in [1.54, 1.807) is 0 Å². The Morgan fingerprint density at radius 3 is 2.07 bits per heavy atom. The van der Waals surface area contributed by atoms with E-state index in [1.165, 1.54) is 57.8 Å². The first-order valence-electron chi connectivity index (χ1n) is 11.3. The van der Waals surface area contributed by atoms with Crippen LogP contribution in [0.5, 0.6) is 0 Å². The van der Waals surface area contributed by atoms with E-state index in [-0.39, 0.29) is 0 Å². The van der Waals surface area contributed by atoms with Gasteiger partial charge in [0, 0.05) is 11.1 Å². The van der Waals surface area contributed by atoms with E-state index in [4.69, 9.17) is 4.74 Å². The molecule has 0 spiro atoms. The highest BCUT2D eigenvalue weighted by atomic mass is 79.9. The monoisotopic (exact) mass is 462 g/mol. The third-order valence-corrected chi connectivity index (χ3v) is 5.83. The molecule has 1 aromatic carbocycles. The summed E-state index contributed by atoms with van der Waals surface area (Å²) in [5, 5.41) is 0. The predicted octanol–water partition coefficient (Wildman–Crippen LogP) is 8.23. The Hall–Kier alpha value is -1.13. The molecule has 29 heavy (non-hydrogen) atoms. The summed E-state index contributed by atoms with van der Waals surface area (Å²) in [5.74, 6) is 0. The first-order valence-corrected chi connectivity index (χ1v) is 12.1. The van der Waals surface area contributed by atoms with Crippen LogP contribution in [0.3, 0.4) is 0 Å². The number of hydrogen-bond acceptors (Lipinski definition) is 2. The molecule has 0 atom stereocenters. The SMILES string of the molecule is CC(C)(C)CCCCCCCCCCCOCn1cncc1-c1ccc(Br)cc1. The maximum atomic E-state index is 5.88. The molecular formula is C25H39BrN2O. The van der Waals surface area contributed by atoms with Crippen molar-refractivity contribution in [3.63, 3.8) is 0 Å². The molecule has 0 fully saturated rings. The van der Waals surface area contributed by atoms with Crippen LogP contribution >= 0.6 is 15.9 Å². The largest absolute Gasteiger partial charge is 0.361 e. The second-order valence-electron chi connectivity index (χ2n) is 9.29. The van der Waals surface area contributed by atoms with Gasteiger partial charge in [0.1, 0.15) is 6.73 Å². The van der Waals surface area contributed by atoms with E-state index in [0.717, 1.165) is 28.8 Å². The lowest BCUT2D eigenvalue weighted by molar-refractivity contribution is 0.0747. The van der Waals surface area contributed by atoms with Gasteiger partial charge in [0.2, 0.25) is 0 Å². The van der Waals surface area contributed by atoms with Crippen LogP contribution in [0, 0.1) is 5.41 Å². The molecule has 1 aromatic heterocycles. The molecule has 0 aliphatic heterocycles. The van der Waals surface area contributed by atoms with E-state index < -0.39 is 0 Å². The molecule has 0 bridgehead atoms. The van der Waals surface area contributed by atoms with Gasteiger partial charge in [-0.05, 0) is 36.0 Å². The van der Waals surface area contributed by atoms with Gasteiger partial charge in [-0.25, -0.2) is 4.98 Å². The van der Waals surface area contributed by atoms with Crippen LogP contribution in [-0.4, -0.2) is 16.2 Å². The summed E-state index contributed by atoms with van der Waals surface area (Å²) < 4.78 is 9.04. The number of unbranched alkanes of at least 4 members (excludes halogenated alkanes) is 8. The molecule has 0 aliphatic carbocycles. The van der Waals surface area contributed by atoms with Crippen molar-refractivity contribution in [1.29, 1.82) is 0 Å². The Morgan fingerprint density at radius 2 is 1.45 bits per heavy atom. The fourth-order valence-electron chi connectivity index (χ4n) is 3.54. The lowest BCUT2D eigenvalue weighted by Crippen LogP contribution is -2.04. The molecule has 162 valence electrons. The van der Waals surface area contributed by atoms with Crippen LogP contribution in [0.25, 0.3) is 11.3 Å². The van der Waals surface area contributed by atoms with Gasteiger partial charge in [0.05, 0.1) is 18.2 Å². The van der Waals surface area contributed by atoms with E-state index >= 15 is 0 Å². The van der Waals surface area contributed by atoms with Gasteiger partial charge in [-0.1, -0.05) is 100 Å². The van der Waals surface area contributed by atoms with Crippen molar-refractivity contribution in [2.45, 2.75) is 91.7 Å². The van der Waals surface area contributed by atoms with Crippen molar-refractivity contribution in [3.05, 3.63) is 41.3 Å². The van der Waals surface area contributed by atoms with E-state index in [9.17, 15) is 0 Å². The smallest absolute Gasteiger partial charge is 0.124 e. The number of halogens is 1. The number of imidazole rings is 1. The summed E-state index contributed by atoms with van der Waals surface area (Å²) >= 11 is 3.48. The first-order chi connectivity index (χ1) is 14.0. The van der Waals surface area contributed by atoms with Gasteiger partial charge in [0.25, 0.3) is 0 Å². The lowest BCUT2D eigenvalue weighted by Gasteiger charge is -2.17. The van der Waals surface area contributed by atoms with Gasteiger partial charge in [0.15, 0.2) is 0 Å². The summed E-state index contributed by atoms with van der Waals surface area (Å²) in [4.78, 5) is 4.28. The van der Waals surface area contributed by atoms with Gasteiger partial charge >= 0.3 is 0 Å². The Kier molecular flexibility index (Phi) is 11.0. The lowest BCUT2D eigenvalue weighted by atomic mass is 9.89. The number of nitrogens with zero attached hydrogens (tertiary/aromatic N) is 2. The first kappa shape index (κ1) is 24.1. The summed E-state index contributed by atoms with van der Waals surface area (Å²) in [6.45, 7) is 8.42. The molecule has 2 aromatic rings. The molecule has 0 aliphatic rings. The molecule has 0 radical (unpaired) electrons. The molecule has 1 heterocycles. The topological polar surface area (TPSA) is 27.1 Å². The summed E-state index contributed by atoms with van der Waals surface area (Å²) in [6, 6.07) is 8.31. The Balaban J connectivity index is 1.46. The van der Waals surface area contributed by atoms with Crippen molar-refractivity contribution in [3.8, 4) is 11.3 Å². The number of aromatic nitrogens is 2. The highest BCUT2D eigenvalue weighted by molar-refractivity contribution is 9.10. The summed E-state index contributed by atoms with van der Waals surface area (Å²) in [6.07, 6.45) is 17.2. The zero-order valence-electron chi connectivity index (χ0n) is 18.6. The van der Waals surface area contributed by atoms with Crippen LogP contribution in [0.4, 0.5) is 0 Å². The van der Waals surface area contributed by atoms with Crippen molar-refractivity contribution in [1.82, 2.24) is 9.55 Å². The Morgan fingerprint density at radius 1 is 0.862 bits per heavy atom.